The number of hydrogen-bond acceptors (Lipinski definition) is 5. The summed E-state index contributed by atoms with van der Waals surface area (Å²) in [5.41, 5.74) is 1.87. The molecule has 0 heterocycles. The van der Waals surface area contributed by atoms with E-state index >= 15 is 0 Å². The molecule has 0 unspecified atom stereocenters. The molecule has 6 heteroatoms. The standard InChI is InChI=1S/C21H32O5.Li/c1-2-3-4-10-18(22)17-9-6-5-8-16(15-17)13-14-20(24)19(23)11-7-12-21(25)26;/h5-6,8-9,13-14,18-20,22-24H,2-4,7,10-12,15H2,1H3,(H,25,26);/q;+1/p-1/b14-13+;/t18-,19+,20-;/m1./s1. The molecule has 27 heavy (non-hydrogen) atoms. The van der Waals surface area contributed by atoms with Crippen molar-refractivity contribution >= 4 is 5.97 Å². The van der Waals surface area contributed by atoms with Gasteiger partial charge in [-0.15, -0.1) is 0 Å². The number of carboxylic acids is 1. The van der Waals surface area contributed by atoms with E-state index in [0.717, 1.165) is 36.8 Å². The molecule has 1 aliphatic carbocycles. The fraction of sp³-hybridized carbons (Fsp3) is 0.571. The van der Waals surface area contributed by atoms with Gasteiger partial charge in [-0.25, -0.2) is 0 Å². The maximum absolute atomic E-state index is 10.4. The molecule has 0 saturated heterocycles. The molecule has 1 aliphatic rings. The maximum atomic E-state index is 10.4. The van der Waals surface area contributed by atoms with Gasteiger partial charge in [-0.3, -0.25) is 0 Å². The Morgan fingerprint density at radius 2 is 1.85 bits per heavy atom. The molecule has 0 saturated carbocycles. The van der Waals surface area contributed by atoms with Gasteiger partial charge in [-0.05, 0) is 43.3 Å². The summed E-state index contributed by atoms with van der Waals surface area (Å²) >= 11 is 0. The Balaban J connectivity index is 0.00000676. The van der Waals surface area contributed by atoms with Crippen LogP contribution in [0.2, 0.25) is 0 Å². The molecule has 0 fully saturated rings. The fourth-order valence-electron chi connectivity index (χ4n) is 2.81. The first-order chi connectivity index (χ1) is 12.4. The van der Waals surface area contributed by atoms with Crippen molar-refractivity contribution in [3.63, 3.8) is 0 Å². The normalized spacial score (nSPS) is 17.5. The fourth-order valence-corrected chi connectivity index (χ4v) is 2.81. The van der Waals surface area contributed by atoms with E-state index in [1.165, 1.54) is 6.08 Å². The molecule has 0 bridgehead atoms. The third-order valence-corrected chi connectivity index (χ3v) is 4.43. The zero-order valence-electron chi connectivity index (χ0n) is 16.5. The van der Waals surface area contributed by atoms with E-state index in [-0.39, 0.29) is 38.1 Å². The Kier molecular flexibility index (Phi) is 14.3. The van der Waals surface area contributed by atoms with Crippen LogP contribution < -0.4 is 24.0 Å². The van der Waals surface area contributed by atoms with Crippen LogP contribution in [0.1, 0.15) is 58.3 Å². The van der Waals surface area contributed by atoms with Gasteiger partial charge in [0.05, 0.1) is 18.3 Å². The quantitative estimate of drug-likeness (QED) is 0.300. The molecule has 3 N–H and O–H groups in total. The van der Waals surface area contributed by atoms with E-state index in [1.54, 1.807) is 6.08 Å². The average molecular weight is 370 g/mol. The number of aliphatic carboxylic acids is 1. The van der Waals surface area contributed by atoms with Gasteiger partial charge in [0.15, 0.2) is 0 Å². The Hall–Kier alpha value is -1.09. The molecule has 0 aromatic rings. The third kappa shape index (κ3) is 11.4. The molecule has 0 amide bonds. The Bertz CT molecular complexity index is 551. The number of unbranched alkanes of at least 4 members (excludes halogenated alkanes) is 2. The van der Waals surface area contributed by atoms with E-state index in [2.05, 4.69) is 6.92 Å². The summed E-state index contributed by atoms with van der Waals surface area (Å²) in [6.45, 7) is 2.13. The monoisotopic (exact) mass is 370 g/mol. The molecule has 146 valence electrons. The predicted molar refractivity (Wildman–Crippen MR) is 100 cm³/mol. The molecule has 0 aromatic carbocycles. The smallest absolute Gasteiger partial charge is 0.550 e. The largest absolute Gasteiger partial charge is 1.00 e. The van der Waals surface area contributed by atoms with E-state index < -0.39 is 24.3 Å². The molecule has 5 nitrogen and oxygen atoms in total. The van der Waals surface area contributed by atoms with Gasteiger partial charge in [0.2, 0.25) is 0 Å². The number of aliphatic hydroxyl groups is 3. The van der Waals surface area contributed by atoms with Crippen LogP contribution in [0.4, 0.5) is 0 Å². The Morgan fingerprint density at radius 3 is 2.52 bits per heavy atom. The average Bonchev–Trinajstić information content (AvgIpc) is 2.85. The summed E-state index contributed by atoms with van der Waals surface area (Å²) in [7, 11) is 0. The zero-order chi connectivity index (χ0) is 19.4. The molecule has 1 rings (SSSR count). The minimum absolute atomic E-state index is 0. The summed E-state index contributed by atoms with van der Waals surface area (Å²) in [5.74, 6) is -1.16. The van der Waals surface area contributed by atoms with E-state index in [9.17, 15) is 25.2 Å². The van der Waals surface area contributed by atoms with Gasteiger partial charge in [-0.2, -0.15) is 0 Å². The van der Waals surface area contributed by atoms with Crippen LogP contribution >= 0.6 is 0 Å². The second kappa shape index (κ2) is 14.9. The van der Waals surface area contributed by atoms with Crippen LogP contribution in [-0.4, -0.2) is 39.6 Å². The van der Waals surface area contributed by atoms with Gasteiger partial charge in [-0.1, -0.05) is 62.6 Å². The Morgan fingerprint density at radius 1 is 1.15 bits per heavy atom. The molecular formula is C21H31LiO5. The number of carbonyl (C=O) groups excluding carboxylic acids is 1. The van der Waals surface area contributed by atoms with Crippen LogP contribution in [0, 0.1) is 0 Å². The van der Waals surface area contributed by atoms with Gasteiger partial charge in [0.25, 0.3) is 0 Å². The van der Waals surface area contributed by atoms with Crippen LogP contribution in [0.5, 0.6) is 0 Å². The molecule has 0 aliphatic heterocycles. The third-order valence-electron chi connectivity index (χ3n) is 4.43. The van der Waals surface area contributed by atoms with E-state index in [4.69, 9.17) is 0 Å². The summed E-state index contributed by atoms with van der Waals surface area (Å²) < 4.78 is 0. The van der Waals surface area contributed by atoms with Gasteiger partial charge >= 0.3 is 18.9 Å². The first-order valence-corrected chi connectivity index (χ1v) is 9.42. The zero-order valence-corrected chi connectivity index (χ0v) is 16.5. The second-order valence-electron chi connectivity index (χ2n) is 6.74. The first kappa shape index (κ1) is 25.9. The SMILES string of the molecule is CCCCC[C@@H](O)C1=CC=CC=C(/C=C/[C@@H](O)[C@@H](O)CCCC(=O)[O-])C1.[Li+]. The van der Waals surface area contributed by atoms with Crippen LogP contribution in [-0.2, 0) is 4.79 Å². The summed E-state index contributed by atoms with van der Waals surface area (Å²) in [5, 5.41) is 40.6. The summed E-state index contributed by atoms with van der Waals surface area (Å²) in [6.07, 6.45) is 13.2. The number of aliphatic hydroxyl groups excluding tert-OH is 3. The van der Waals surface area contributed by atoms with Crippen molar-refractivity contribution in [1.29, 1.82) is 0 Å². The van der Waals surface area contributed by atoms with Crippen molar-refractivity contribution in [1.82, 2.24) is 0 Å². The van der Waals surface area contributed by atoms with Gasteiger partial charge < -0.3 is 25.2 Å². The van der Waals surface area contributed by atoms with Crippen molar-refractivity contribution in [2.24, 2.45) is 0 Å². The minimum atomic E-state index is -1.16. The molecule has 0 radical (unpaired) electrons. The van der Waals surface area contributed by atoms with Crippen LogP contribution in [0.15, 0.2) is 47.6 Å². The summed E-state index contributed by atoms with van der Waals surface area (Å²) in [4.78, 5) is 10.4. The number of allylic oxidation sites excluding steroid dienone is 6. The molecular weight excluding hydrogens is 339 g/mol. The van der Waals surface area contributed by atoms with E-state index in [0.29, 0.717) is 6.42 Å². The van der Waals surface area contributed by atoms with Crippen LogP contribution in [0.3, 0.4) is 0 Å². The van der Waals surface area contributed by atoms with Crippen molar-refractivity contribution < 1.29 is 44.1 Å². The number of carboxylic acid groups (broad SMARTS) is 1. The molecule has 0 aromatic heterocycles. The Labute approximate surface area is 174 Å². The number of carbonyl (C=O) groups is 1. The van der Waals surface area contributed by atoms with Crippen molar-refractivity contribution in [3.05, 3.63) is 47.6 Å². The van der Waals surface area contributed by atoms with Crippen molar-refractivity contribution in [3.8, 4) is 0 Å². The van der Waals surface area contributed by atoms with Crippen LogP contribution in [0.25, 0.3) is 0 Å². The van der Waals surface area contributed by atoms with Crippen molar-refractivity contribution in [2.45, 2.75) is 76.6 Å². The van der Waals surface area contributed by atoms with Crippen molar-refractivity contribution in [2.75, 3.05) is 0 Å². The minimum Gasteiger partial charge on any atom is -0.550 e. The number of hydrogen-bond donors (Lipinski definition) is 3. The topological polar surface area (TPSA) is 101 Å². The van der Waals surface area contributed by atoms with Gasteiger partial charge in [0.1, 0.15) is 0 Å². The number of rotatable bonds is 12. The summed E-state index contributed by atoms with van der Waals surface area (Å²) in [6, 6.07) is 0. The van der Waals surface area contributed by atoms with E-state index in [1.807, 2.05) is 24.3 Å². The first-order valence-electron chi connectivity index (χ1n) is 9.42. The maximum Gasteiger partial charge on any atom is 1.00 e. The predicted octanol–water partition coefficient (Wildman–Crippen LogP) is -1.06. The second-order valence-corrected chi connectivity index (χ2v) is 6.74. The molecule has 3 atom stereocenters. The van der Waals surface area contributed by atoms with Gasteiger partial charge in [0, 0.05) is 5.97 Å². The molecule has 0 spiro atoms.